The zero-order valence-corrected chi connectivity index (χ0v) is 14.3. The van der Waals surface area contributed by atoms with Crippen LogP contribution in [0.4, 0.5) is 13.2 Å². The van der Waals surface area contributed by atoms with Crippen LogP contribution in [0.25, 0.3) is 22.3 Å². The first kappa shape index (κ1) is 17.8. The van der Waals surface area contributed by atoms with Gasteiger partial charge in [0, 0.05) is 28.6 Å². The number of benzene rings is 2. The number of hydrogen-bond donors (Lipinski definition) is 3. The summed E-state index contributed by atoms with van der Waals surface area (Å²) in [7, 11) is 0. The Kier molecular flexibility index (Phi) is 4.34. The van der Waals surface area contributed by atoms with E-state index in [4.69, 9.17) is 0 Å². The number of nitrogens with one attached hydrogen (secondary N) is 3. The number of fused-ring (bicyclic) bond motifs is 1. The van der Waals surface area contributed by atoms with E-state index >= 15 is 0 Å². The van der Waals surface area contributed by atoms with Gasteiger partial charge in [0.1, 0.15) is 12.0 Å². The maximum absolute atomic E-state index is 12.8. The van der Waals surface area contributed by atoms with Gasteiger partial charge in [0.05, 0.1) is 0 Å². The van der Waals surface area contributed by atoms with E-state index in [9.17, 15) is 18.0 Å². The van der Waals surface area contributed by atoms with Gasteiger partial charge in [-0.3, -0.25) is 9.89 Å². The van der Waals surface area contributed by atoms with Gasteiger partial charge in [-0.05, 0) is 35.9 Å². The van der Waals surface area contributed by atoms with Crippen LogP contribution in [0.2, 0.25) is 0 Å². The molecule has 0 unspecified atom stereocenters. The van der Waals surface area contributed by atoms with Crippen molar-refractivity contribution in [1.29, 1.82) is 0 Å². The number of aromatic amines is 2. The van der Waals surface area contributed by atoms with Crippen LogP contribution in [-0.4, -0.2) is 26.1 Å². The number of carbonyl (C=O) groups excluding carboxylic acids is 1. The van der Waals surface area contributed by atoms with Crippen LogP contribution >= 0.6 is 0 Å². The smallest absolute Gasteiger partial charge is 0.351 e. The number of alkyl halides is 3. The monoisotopic (exact) mass is 385 g/mol. The molecule has 1 amide bonds. The lowest BCUT2D eigenvalue weighted by atomic mass is 10.1. The Labute approximate surface area is 156 Å². The van der Waals surface area contributed by atoms with Gasteiger partial charge in [-0.1, -0.05) is 18.2 Å². The van der Waals surface area contributed by atoms with Crippen LogP contribution in [0.5, 0.6) is 0 Å². The summed E-state index contributed by atoms with van der Waals surface area (Å²) < 4.78 is 38.4. The van der Waals surface area contributed by atoms with Gasteiger partial charge in [0.25, 0.3) is 5.91 Å². The Hall–Kier alpha value is -3.62. The van der Waals surface area contributed by atoms with Crippen LogP contribution in [0.3, 0.4) is 0 Å². The quantitative estimate of drug-likeness (QED) is 0.498. The lowest BCUT2D eigenvalue weighted by Gasteiger charge is -2.06. The second kappa shape index (κ2) is 6.84. The van der Waals surface area contributed by atoms with Crippen molar-refractivity contribution in [2.75, 3.05) is 0 Å². The number of nitrogens with zero attached hydrogens (tertiary/aromatic N) is 2. The van der Waals surface area contributed by atoms with Crippen LogP contribution in [0, 0.1) is 0 Å². The van der Waals surface area contributed by atoms with E-state index in [2.05, 4.69) is 25.5 Å². The number of rotatable bonds is 4. The molecule has 4 rings (SSSR count). The lowest BCUT2D eigenvalue weighted by molar-refractivity contribution is -0.140. The zero-order valence-electron chi connectivity index (χ0n) is 14.3. The molecule has 0 radical (unpaired) electrons. The van der Waals surface area contributed by atoms with E-state index in [1.165, 1.54) is 6.33 Å². The predicted octanol–water partition coefficient (Wildman–Crippen LogP) is 3.90. The molecule has 6 nitrogen and oxygen atoms in total. The van der Waals surface area contributed by atoms with E-state index in [-0.39, 0.29) is 12.5 Å². The molecule has 28 heavy (non-hydrogen) atoms. The molecule has 4 aromatic rings. The number of amides is 1. The Bertz CT molecular complexity index is 1110. The molecule has 0 saturated heterocycles. The first-order valence-corrected chi connectivity index (χ1v) is 8.33. The fraction of sp³-hybridized carbons (Fsp3) is 0.105. The minimum Gasteiger partial charge on any atom is -0.351 e. The Morgan fingerprint density at radius 2 is 1.86 bits per heavy atom. The second-order valence-electron chi connectivity index (χ2n) is 6.20. The summed E-state index contributed by atoms with van der Waals surface area (Å²) in [5, 5.41) is 9.72. The summed E-state index contributed by atoms with van der Waals surface area (Å²) in [6, 6.07) is 12.7. The maximum Gasteiger partial charge on any atom is 0.431 e. The first-order chi connectivity index (χ1) is 13.4. The van der Waals surface area contributed by atoms with Crippen molar-refractivity contribution < 1.29 is 18.0 Å². The molecule has 0 fully saturated rings. The van der Waals surface area contributed by atoms with Gasteiger partial charge < -0.3 is 10.3 Å². The van der Waals surface area contributed by atoms with E-state index in [1.54, 1.807) is 42.5 Å². The molecule has 2 aromatic carbocycles. The normalized spacial score (nSPS) is 11.7. The van der Waals surface area contributed by atoms with Crippen LogP contribution < -0.4 is 5.32 Å². The van der Waals surface area contributed by atoms with Gasteiger partial charge in [-0.15, -0.1) is 0 Å². The second-order valence-corrected chi connectivity index (χ2v) is 6.20. The third-order valence-electron chi connectivity index (χ3n) is 4.28. The fourth-order valence-corrected chi connectivity index (χ4v) is 2.85. The molecule has 0 spiro atoms. The molecular formula is C19H14F3N5O. The van der Waals surface area contributed by atoms with E-state index in [0.29, 0.717) is 27.9 Å². The Balaban J connectivity index is 1.44. The third kappa shape index (κ3) is 3.59. The van der Waals surface area contributed by atoms with Crippen LogP contribution in [-0.2, 0) is 12.7 Å². The SMILES string of the molecule is O=C(NCc1ccc2[nH]c(C(F)(F)F)cc2c1)c1ccc(-c2ncn[nH]2)cc1. The molecule has 0 saturated carbocycles. The average Bonchev–Trinajstić information content (AvgIpc) is 3.35. The predicted molar refractivity (Wildman–Crippen MR) is 96.3 cm³/mol. The molecule has 0 aliphatic rings. The highest BCUT2D eigenvalue weighted by molar-refractivity contribution is 5.94. The summed E-state index contributed by atoms with van der Waals surface area (Å²) in [4.78, 5) is 18.7. The topological polar surface area (TPSA) is 86.5 Å². The number of hydrogen-bond acceptors (Lipinski definition) is 3. The molecule has 2 heterocycles. The van der Waals surface area contributed by atoms with Crippen molar-refractivity contribution in [1.82, 2.24) is 25.5 Å². The molecule has 0 bridgehead atoms. The minimum atomic E-state index is -4.43. The zero-order chi connectivity index (χ0) is 19.7. The van der Waals surface area contributed by atoms with Gasteiger partial charge in [0.15, 0.2) is 5.82 Å². The van der Waals surface area contributed by atoms with Crippen molar-refractivity contribution in [3.05, 3.63) is 71.7 Å². The number of aromatic nitrogens is 4. The molecule has 0 aliphatic carbocycles. The first-order valence-electron chi connectivity index (χ1n) is 8.33. The minimum absolute atomic E-state index is 0.200. The van der Waals surface area contributed by atoms with Crippen LogP contribution in [0.15, 0.2) is 54.9 Å². The van der Waals surface area contributed by atoms with Gasteiger partial charge in [-0.2, -0.15) is 18.3 Å². The van der Waals surface area contributed by atoms with Crippen LogP contribution in [0.1, 0.15) is 21.6 Å². The lowest BCUT2D eigenvalue weighted by Crippen LogP contribution is -2.22. The highest BCUT2D eigenvalue weighted by atomic mass is 19.4. The molecule has 3 N–H and O–H groups in total. The number of carbonyl (C=O) groups is 1. The Morgan fingerprint density at radius 1 is 1.07 bits per heavy atom. The standard InChI is InChI=1S/C19H14F3N5O/c20-19(21,22)16-8-14-7-11(1-6-15(14)26-16)9-23-18(28)13-4-2-12(3-5-13)17-24-10-25-27-17/h1-8,10,26H,9H2,(H,23,28)(H,24,25,27). The fourth-order valence-electron chi connectivity index (χ4n) is 2.85. The summed E-state index contributed by atoms with van der Waals surface area (Å²) in [6.45, 7) is 0.200. The van der Waals surface area contributed by atoms with E-state index in [1.807, 2.05) is 0 Å². The van der Waals surface area contributed by atoms with Gasteiger partial charge in [0.2, 0.25) is 0 Å². The molecular weight excluding hydrogens is 371 g/mol. The highest BCUT2D eigenvalue weighted by Crippen LogP contribution is 2.31. The molecule has 142 valence electrons. The molecule has 0 aliphatic heterocycles. The van der Waals surface area contributed by atoms with Crippen molar-refractivity contribution in [2.45, 2.75) is 12.7 Å². The summed E-state index contributed by atoms with van der Waals surface area (Å²) >= 11 is 0. The van der Waals surface area contributed by atoms with Gasteiger partial charge in [-0.25, -0.2) is 4.98 Å². The molecule has 9 heteroatoms. The molecule has 2 aromatic heterocycles. The average molecular weight is 385 g/mol. The highest BCUT2D eigenvalue weighted by Gasteiger charge is 2.32. The summed E-state index contributed by atoms with van der Waals surface area (Å²) in [5.41, 5.74) is 1.56. The summed E-state index contributed by atoms with van der Waals surface area (Å²) in [5.74, 6) is 0.319. The summed E-state index contributed by atoms with van der Waals surface area (Å²) in [6.07, 6.45) is -3.03. The number of halogens is 3. The molecule has 0 atom stereocenters. The van der Waals surface area contributed by atoms with Crippen molar-refractivity contribution in [3.8, 4) is 11.4 Å². The van der Waals surface area contributed by atoms with Crippen molar-refractivity contribution >= 4 is 16.8 Å². The number of H-pyrrole nitrogens is 2. The third-order valence-corrected chi connectivity index (χ3v) is 4.28. The van der Waals surface area contributed by atoms with Gasteiger partial charge >= 0.3 is 6.18 Å². The van der Waals surface area contributed by atoms with Crippen molar-refractivity contribution in [3.63, 3.8) is 0 Å². The van der Waals surface area contributed by atoms with E-state index in [0.717, 1.165) is 11.6 Å². The maximum atomic E-state index is 12.8. The largest absolute Gasteiger partial charge is 0.431 e. The Morgan fingerprint density at radius 3 is 2.54 bits per heavy atom. The van der Waals surface area contributed by atoms with Crippen molar-refractivity contribution in [2.24, 2.45) is 0 Å². The van der Waals surface area contributed by atoms with E-state index < -0.39 is 11.9 Å².